The van der Waals surface area contributed by atoms with E-state index in [4.69, 9.17) is 0 Å². The molecule has 0 aromatic carbocycles. The minimum Gasteiger partial charge on any atom is -0.319 e. The first kappa shape index (κ1) is 10.8. The summed E-state index contributed by atoms with van der Waals surface area (Å²) in [5, 5.41) is 2.96. The van der Waals surface area contributed by atoms with E-state index in [0.29, 0.717) is 5.56 Å². The number of rotatable bonds is 4. The van der Waals surface area contributed by atoms with E-state index in [1.165, 1.54) is 6.07 Å². The lowest BCUT2D eigenvalue weighted by Crippen LogP contribution is -2.05. The quantitative estimate of drug-likeness (QED) is 0.591. The van der Waals surface area contributed by atoms with Gasteiger partial charge in [0.05, 0.1) is 0 Å². The summed E-state index contributed by atoms with van der Waals surface area (Å²) in [6.07, 6.45) is 4.21. The molecule has 0 aliphatic rings. The van der Waals surface area contributed by atoms with Gasteiger partial charge >= 0.3 is 0 Å². The maximum atomic E-state index is 12.9. The summed E-state index contributed by atoms with van der Waals surface area (Å²) in [7, 11) is 1.84. The van der Waals surface area contributed by atoms with Gasteiger partial charge in [-0.15, -0.1) is 0 Å². The number of hydrogen-bond donors (Lipinski definition) is 1. The number of aromatic nitrogens is 1. The van der Waals surface area contributed by atoms with Crippen molar-refractivity contribution in [1.82, 2.24) is 10.3 Å². The lowest BCUT2D eigenvalue weighted by atomic mass is 10.2. The highest BCUT2D eigenvalue weighted by molar-refractivity contribution is 5.48. The van der Waals surface area contributed by atoms with Crippen LogP contribution in [0.2, 0.25) is 0 Å². The van der Waals surface area contributed by atoms with Crippen LogP contribution >= 0.6 is 0 Å². The van der Waals surface area contributed by atoms with Crippen LogP contribution in [0, 0.1) is 11.9 Å². The van der Waals surface area contributed by atoms with Crippen LogP contribution in [0.1, 0.15) is 12.0 Å². The van der Waals surface area contributed by atoms with E-state index in [2.05, 4.69) is 10.3 Å². The zero-order valence-electron chi connectivity index (χ0n) is 7.93. The Morgan fingerprint density at radius 3 is 2.86 bits per heavy atom. The minimum atomic E-state index is -0.796. The fraction of sp³-hybridized carbons (Fsp3) is 0.300. The van der Waals surface area contributed by atoms with Gasteiger partial charge in [-0.3, -0.25) is 0 Å². The topological polar surface area (TPSA) is 24.9 Å². The fourth-order valence-corrected chi connectivity index (χ4v) is 0.985. The zero-order chi connectivity index (χ0) is 10.4. The van der Waals surface area contributed by atoms with Gasteiger partial charge in [-0.25, -0.2) is 0 Å². The van der Waals surface area contributed by atoms with Gasteiger partial charge in [-0.05, 0) is 32.1 Å². The highest BCUT2D eigenvalue weighted by Crippen LogP contribution is 2.07. The third-order valence-electron chi connectivity index (χ3n) is 1.70. The Kier molecular flexibility index (Phi) is 4.19. The highest BCUT2D eigenvalue weighted by atomic mass is 19.1. The van der Waals surface area contributed by atoms with Gasteiger partial charge in [0.1, 0.15) is 0 Å². The summed E-state index contributed by atoms with van der Waals surface area (Å²) in [6, 6.07) is 2.51. The van der Waals surface area contributed by atoms with Crippen molar-refractivity contribution < 1.29 is 8.78 Å². The average molecular weight is 198 g/mol. The number of nitrogens with zero attached hydrogens (tertiary/aromatic N) is 1. The van der Waals surface area contributed by atoms with Crippen LogP contribution in [0.15, 0.2) is 18.2 Å². The molecule has 0 amide bonds. The van der Waals surface area contributed by atoms with Gasteiger partial charge < -0.3 is 5.32 Å². The molecule has 0 radical (unpaired) electrons. The van der Waals surface area contributed by atoms with Crippen molar-refractivity contribution in [2.45, 2.75) is 6.42 Å². The molecule has 1 N–H and O–H groups in total. The standard InChI is InChI=1S/C10H12F2N2/c1-13-7-3-2-4-8-5-6-9(11)14-10(8)12/h2,4-6,13H,3,7H2,1H3. The van der Waals surface area contributed by atoms with Crippen LogP contribution in [0.5, 0.6) is 0 Å². The van der Waals surface area contributed by atoms with Crippen molar-refractivity contribution in [2.24, 2.45) is 0 Å². The molecule has 0 aliphatic carbocycles. The molecule has 14 heavy (non-hydrogen) atoms. The number of halogens is 2. The van der Waals surface area contributed by atoms with Crippen molar-refractivity contribution in [3.05, 3.63) is 35.7 Å². The zero-order valence-corrected chi connectivity index (χ0v) is 7.93. The molecule has 1 rings (SSSR count). The summed E-state index contributed by atoms with van der Waals surface area (Å²) in [5.74, 6) is -1.57. The summed E-state index contributed by atoms with van der Waals surface area (Å²) in [6.45, 7) is 0.826. The van der Waals surface area contributed by atoms with Gasteiger partial charge in [0.15, 0.2) is 0 Å². The smallest absolute Gasteiger partial charge is 0.222 e. The second-order valence-electron chi connectivity index (χ2n) is 2.81. The number of hydrogen-bond acceptors (Lipinski definition) is 2. The maximum absolute atomic E-state index is 12.9. The van der Waals surface area contributed by atoms with Crippen LogP contribution in [-0.2, 0) is 0 Å². The highest BCUT2D eigenvalue weighted by Gasteiger charge is 2.00. The molecule has 4 heteroatoms. The molecule has 0 bridgehead atoms. The Balaban J connectivity index is 2.62. The molecule has 0 unspecified atom stereocenters. The van der Waals surface area contributed by atoms with E-state index < -0.39 is 11.9 Å². The fourth-order valence-electron chi connectivity index (χ4n) is 0.985. The maximum Gasteiger partial charge on any atom is 0.222 e. The van der Waals surface area contributed by atoms with Crippen molar-refractivity contribution in [1.29, 1.82) is 0 Å². The first-order valence-electron chi connectivity index (χ1n) is 4.37. The lowest BCUT2D eigenvalue weighted by molar-refractivity contribution is 0.511. The van der Waals surface area contributed by atoms with E-state index in [1.807, 2.05) is 13.1 Å². The van der Waals surface area contributed by atoms with Crippen LogP contribution < -0.4 is 5.32 Å². The first-order chi connectivity index (χ1) is 6.74. The Bertz CT molecular complexity index is 324. The molecule has 0 spiro atoms. The largest absolute Gasteiger partial charge is 0.319 e. The average Bonchev–Trinajstić information content (AvgIpc) is 2.15. The molecular weight excluding hydrogens is 186 g/mol. The van der Waals surface area contributed by atoms with Gasteiger partial charge in [0, 0.05) is 5.56 Å². The summed E-state index contributed by atoms with van der Waals surface area (Å²) >= 11 is 0. The third-order valence-corrected chi connectivity index (χ3v) is 1.70. The summed E-state index contributed by atoms with van der Waals surface area (Å²) in [4.78, 5) is 3.07. The van der Waals surface area contributed by atoms with Crippen molar-refractivity contribution in [3.63, 3.8) is 0 Å². The van der Waals surface area contributed by atoms with Gasteiger partial charge in [-0.1, -0.05) is 12.2 Å². The van der Waals surface area contributed by atoms with Gasteiger partial charge in [0.2, 0.25) is 11.9 Å². The molecule has 0 saturated heterocycles. The molecule has 1 aromatic heterocycles. The normalized spacial score (nSPS) is 11.1. The van der Waals surface area contributed by atoms with E-state index in [-0.39, 0.29) is 0 Å². The number of pyridine rings is 1. The molecule has 0 fully saturated rings. The Labute approximate surface area is 81.7 Å². The van der Waals surface area contributed by atoms with Crippen LogP contribution in [0.4, 0.5) is 8.78 Å². The molecule has 1 heterocycles. The number of nitrogens with one attached hydrogen (secondary N) is 1. The first-order valence-corrected chi connectivity index (χ1v) is 4.37. The Hall–Kier alpha value is -1.29. The summed E-state index contributed by atoms with van der Waals surface area (Å²) in [5.41, 5.74) is 0.308. The van der Waals surface area contributed by atoms with Crippen LogP contribution in [-0.4, -0.2) is 18.6 Å². The van der Waals surface area contributed by atoms with Gasteiger partial charge in [-0.2, -0.15) is 13.8 Å². The van der Waals surface area contributed by atoms with E-state index in [1.54, 1.807) is 6.08 Å². The molecule has 1 aromatic rings. The SMILES string of the molecule is CNCCC=Cc1ccc(F)nc1F. The van der Waals surface area contributed by atoms with Crippen LogP contribution in [0.25, 0.3) is 6.08 Å². The Morgan fingerprint density at radius 2 is 2.21 bits per heavy atom. The second-order valence-corrected chi connectivity index (χ2v) is 2.81. The molecule has 0 saturated carbocycles. The van der Waals surface area contributed by atoms with Crippen molar-refractivity contribution in [3.8, 4) is 0 Å². The van der Waals surface area contributed by atoms with E-state index in [9.17, 15) is 8.78 Å². The van der Waals surface area contributed by atoms with Crippen molar-refractivity contribution in [2.75, 3.05) is 13.6 Å². The molecule has 0 aliphatic heterocycles. The molecule has 76 valence electrons. The van der Waals surface area contributed by atoms with Crippen LogP contribution in [0.3, 0.4) is 0 Å². The monoisotopic (exact) mass is 198 g/mol. The molecular formula is C10H12F2N2. The predicted octanol–water partition coefficient (Wildman–Crippen LogP) is 1.98. The molecule has 2 nitrogen and oxygen atoms in total. The predicted molar refractivity (Wildman–Crippen MR) is 51.7 cm³/mol. The minimum absolute atomic E-state index is 0.308. The van der Waals surface area contributed by atoms with Gasteiger partial charge in [0.25, 0.3) is 0 Å². The Morgan fingerprint density at radius 1 is 1.43 bits per heavy atom. The molecule has 0 atom stereocenters. The van der Waals surface area contributed by atoms with E-state index in [0.717, 1.165) is 19.0 Å². The lowest BCUT2D eigenvalue weighted by Gasteiger charge is -1.95. The summed E-state index contributed by atoms with van der Waals surface area (Å²) < 4.78 is 25.3. The second kappa shape index (κ2) is 5.44. The third kappa shape index (κ3) is 3.22. The van der Waals surface area contributed by atoms with Crippen molar-refractivity contribution >= 4 is 6.08 Å². The van der Waals surface area contributed by atoms with E-state index >= 15 is 0 Å².